The Morgan fingerprint density at radius 2 is 1.63 bits per heavy atom. The summed E-state index contributed by atoms with van der Waals surface area (Å²) in [6.07, 6.45) is 0. The maximum Gasteiger partial charge on any atom is 0.0863 e. The molecule has 0 aliphatic heterocycles. The van der Waals surface area contributed by atoms with Crippen molar-refractivity contribution < 1.29 is 6.85 Å². The third kappa shape index (κ3) is 4.21. The zero-order chi connectivity index (χ0) is 18.1. The predicted molar refractivity (Wildman–Crippen MR) is 82.0 cm³/mol. The molecule has 0 unspecified atom stereocenters. The fourth-order valence-electron chi connectivity index (χ4n) is 1.42. The molecule has 0 heterocycles. The Balaban J connectivity index is 2.21. The zero-order valence-corrected chi connectivity index (χ0v) is 11.9. The van der Waals surface area contributed by atoms with Gasteiger partial charge in [0.05, 0.1) is 12.5 Å². The Morgan fingerprint density at radius 1 is 1.00 bits per heavy atom. The first-order chi connectivity index (χ1) is 11.1. The molecule has 3 heteroatoms. The van der Waals surface area contributed by atoms with Crippen LogP contribution in [0.2, 0.25) is 0 Å². The van der Waals surface area contributed by atoms with Crippen molar-refractivity contribution in [2.24, 2.45) is 9.63 Å². The minimum absolute atomic E-state index is 0.0675. The SMILES string of the molecule is [2H]c1c([2H])c([2H])c(N=NSc2ccc(C(C)(C)C)cc2)c([2H])c1[2H]. The van der Waals surface area contributed by atoms with Crippen molar-refractivity contribution in [1.29, 1.82) is 0 Å². The van der Waals surface area contributed by atoms with Gasteiger partial charge in [0.1, 0.15) is 0 Å². The monoisotopic (exact) mass is 275 g/mol. The van der Waals surface area contributed by atoms with Crippen LogP contribution in [0.1, 0.15) is 33.2 Å². The largest absolute Gasteiger partial charge is 0.143 e. The second-order valence-corrected chi connectivity index (χ2v) is 5.84. The number of benzene rings is 2. The lowest BCUT2D eigenvalue weighted by Crippen LogP contribution is -2.10. The highest BCUT2D eigenvalue weighted by atomic mass is 32.2. The van der Waals surface area contributed by atoms with Crippen molar-refractivity contribution in [2.45, 2.75) is 31.1 Å². The van der Waals surface area contributed by atoms with Crippen LogP contribution in [0.3, 0.4) is 0 Å². The zero-order valence-electron chi connectivity index (χ0n) is 16.1. The van der Waals surface area contributed by atoms with Gasteiger partial charge >= 0.3 is 0 Å². The Labute approximate surface area is 126 Å². The van der Waals surface area contributed by atoms with Gasteiger partial charge in [0.15, 0.2) is 0 Å². The molecule has 0 radical (unpaired) electrons. The maximum absolute atomic E-state index is 7.78. The molecular formula is C16H18N2S. The van der Waals surface area contributed by atoms with Crippen LogP contribution in [0.5, 0.6) is 0 Å². The minimum atomic E-state index is -0.436. The van der Waals surface area contributed by atoms with E-state index in [-0.39, 0.29) is 23.2 Å². The lowest BCUT2D eigenvalue weighted by Gasteiger charge is -2.18. The van der Waals surface area contributed by atoms with E-state index in [2.05, 4.69) is 30.4 Å². The second-order valence-electron chi connectivity index (χ2n) is 5.02. The summed E-state index contributed by atoms with van der Waals surface area (Å²) in [4.78, 5) is 0.860. The molecule has 19 heavy (non-hydrogen) atoms. The van der Waals surface area contributed by atoms with E-state index in [0.29, 0.717) is 0 Å². The summed E-state index contributed by atoms with van der Waals surface area (Å²) in [6.45, 7) is 6.40. The molecule has 0 aliphatic carbocycles. The van der Waals surface area contributed by atoms with Crippen LogP contribution in [0.25, 0.3) is 0 Å². The number of hydrogen-bond acceptors (Lipinski definition) is 3. The standard InChI is InChI=1S/C16H18N2S/c1-16(2,3)13-9-11-15(12-10-13)19-18-17-14-7-5-4-6-8-14/h4-12H,1-3H3/i4D,5D,6D,7D,8D. The topological polar surface area (TPSA) is 24.7 Å². The third-order valence-corrected chi connectivity index (χ3v) is 3.14. The van der Waals surface area contributed by atoms with E-state index < -0.39 is 18.1 Å². The maximum atomic E-state index is 7.78. The fraction of sp³-hybridized carbons (Fsp3) is 0.250. The first kappa shape index (κ1) is 8.54. The summed E-state index contributed by atoms with van der Waals surface area (Å²) in [5.74, 6) is 0. The molecule has 0 atom stereocenters. The first-order valence-electron chi connectivity index (χ1n) is 8.38. The van der Waals surface area contributed by atoms with Gasteiger partial charge in [-0.15, -0.1) is 9.63 Å². The van der Waals surface area contributed by atoms with Gasteiger partial charge in [0.2, 0.25) is 0 Å². The lowest BCUT2D eigenvalue weighted by atomic mass is 9.87. The van der Waals surface area contributed by atoms with Gasteiger partial charge in [0.25, 0.3) is 0 Å². The summed E-state index contributed by atoms with van der Waals surface area (Å²) in [7, 11) is 0. The van der Waals surface area contributed by atoms with E-state index in [1.807, 2.05) is 24.3 Å². The molecule has 2 nitrogen and oxygen atoms in total. The molecule has 0 saturated carbocycles. The van der Waals surface area contributed by atoms with Crippen molar-refractivity contribution in [3.05, 3.63) is 60.0 Å². The molecular weight excluding hydrogens is 252 g/mol. The lowest BCUT2D eigenvalue weighted by molar-refractivity contribution is 0.590. The van der Waals surface area contributed by atoms with Crippen LogP contribution < -0.4 is 0 Å². The molecule has 0 bridgehead atoms. The Bertz CT molecular complexity index is 754. The highest BCUT2D eigenvalue weighted by Crippen LogP contribution is 2.27. The highest BCUT2D eigenvalue weighted by Gasteiger charge is 2.12. The second kappa shape index (κ2) is 6.02. The van der Waals surface area contributed by atoms with Crippen LogP contribution in [0.4, 0.5) is 5.69 Å². The van der Waals surface area contributed by atoms with E-state index in [4.69, 9.17) is 6.85 Å². The van der Waals surface area contributed by atoms with Gasteiger partial charge in [0, 0.05) is 16.8 Å². The molecule has 2 aromatic rings. The summed E-state index contributed by atoms with van der Waals surface area (Å²) in [5, 5.41) is 3.82. The summed E-state index contributed by atoms with van der Waals surface area (Å²) < 4.78 is 42.2. The van der Waals surface area contributed by atoms with Gasteiger partial charge < -0.3 is 0 Å². The molecule has 0 spiro atoms. The van der Waals surface area contributed by atoms with Crippen LogP contribution >= 0.6 is 11.9 Å². The molecule has 0 saturated heterocycles. The average Bonchev–Trinajstić information content (AvgIpc) is 2.54. The van der Waals surface area contributed by atoms with Gasteiger partial charge in [-0.05, 0) is 35.2 Å². The number of nitrogens with zero attached hydrogens (tertiary/aromatic N) is 2. The molecule has 0 N–H and O–H groups in total. The quantitative estimate of drug-likeness (QED) is 0.515. The van der Waals surface area contributed by atoms with Crippen LogP contribution in [0, 0.1) is 0 Å². The Morgan fingerprint density at radius 3 is 2.21 bits per heavy atom. The predicted octanol–water partition coefficient (Wildman–Crippen LogP) is 5.78. The molecule has 0 amide bonds. The number of rotatable bonds is 3. The van der Waals surface area contributed by atoms with Crippen molar-refractivity contribution >= 4 is 17.6 Å². The van der Waals surface area contributed by atoms with Crippen molar-refractivity contribution in [1.82, 2.24) is 0 Å². The molecule has 2 aromatic carbocycles. The Hall–Kier alpha value is -1.61. The smallest absolute Gasteiger partial charge is 0.0863 e. The van der Waals surface area contributed by atoms with E-state index in [0.717, 1.165) is 16.8 Å². The van der Waals surface area contributed by atoms with E-state index >= 15 is 0 Å². The molecule has 2 rings (SSSR count). The third-order valence-electron chi connectivity index (χ3n) is 2.49. The minimum Gasteiger partial charge on any atom is -0.143 e. The first-order valence-corrected chi connectivity index (χ1v) is 6.66. The van der Waals surface area contributed by atoms with Crippen LogP contribution in [-0.4, -0.2) is 0 Å². The highest BCUT2D eigenvalue weighted by molar-refractivity contribution is 7.97. The van der Waals surface area contributed by atoms with Gasteiger partial charge in [-0.25, -0.2) is 0 Å². The molecule has 0 fully saturated rings. The average molecular weight is 275 g/mol. The van der Waals surface area contributed by atoms with E-state index in [1.54, 1.807) is 0 Å². The summed E-state index contributed by atoms with van der Waals surface area (Å²) in [6, 6.07) is 5.91. The van der Waals surface area contributed by atoms with Crippen LogP contribution in [-0.2, 0) is 5.41 Å². The van der Waals surface area contributed by atoms with Crippen molar-refractivity contribution in [3.8, 4) is 0 Å². The summed E-state index contributed by atoms with van der Waals surface area (Å²) >= 11 is 1.09. The van der Waals surface area contributed by atoms with Crippen LogP contribution in [0.15, 0.2) is 69.0 Å². The van der Waals surface area contributed by atoms with E-state index in [9.17, 15) is 0 Å². The normalized spacial score (nSPS) is 15.6. The van der Waals surface area contributed by atoms with E-state index in [1.165, 1.54) is 5.56 Å². The fourth-order valence-corrected chi connectivity index (χ4v) is 1.89. The van der Waals surface area contributed by atoms with Crippen molar-refractivity contribution in [2.75, 3.05) is 0 Å². The molecule has 0 aromatic heterocycles. The molecule has 0 aliphatic rings. The molecule has 98 valence electrons. The number of hydrogen-bond donors (Lipinski definition) is 0. The summed E-state index contributed by atoms with van der Waals surface area (Å²) in [5.41, 5.74) is 1.12. The van der Waals surface area contributed by atoms with Crippen molar-refractivity contribution in [3.63, 3.8) is 0 Å². The van der Waals surface area contributed by atoms with Gasteiger partial charge in [-0.3, -0.25) is 0 Å². The Kier molecular flexibility index (Phi) is 2.71. The van der Waals surface area contributed by atoms with Gasteiger partial charge in [-0.1, -0.05) is 51.0 Å². The van der Waals surface area contributed by atoms with Gasteiger partial charge in [-0.2, -0.15) is 0 Å².